The molecule has 2 fully saturated rings. The van der Waals surface area contributed by atoms with Crippen LogP contribution in [0.2, 0.25) is 0 Å². The van der Waals surface area contributed by atoms with Gasteiger partial charge in [0.05, 0.1) is 6.42 Å². The molecule has 0 aromatic carbocycles. The molecule has 1 amide bonds. The summed E-state index contributed by atoms with van der Waals surface area (Å²) in [7, 11) is 0. The molecule has 2 atom stereocenters. The van der Waals surface area contributed by atoms with Crippen LogP contribution in [-0.4, -0.2) is 35.0 Å². The first-order chi connectivity index (χ1) is 9.87. The fourth-order valence-electron chi connectivity index (χ4n) is 3.68. The van der Waals surface area contributed by atoms with Crippen LogP contribution >= 0.6 is 0 Å². The van der Waals surface area contributed by atoms with E-state index in [2.05, 4.69) is 4.90 Å². The minimum absolute atomic E-state index is 0.137. The lowest BCUT2D eigenvalue weighted by Crippen LogP contribution is -2.49. The number of hydrogen-bond acceptors (Lipinski definition) is 3. The van der Waals surface area contributed by atoms with Crippen LogP contribution in [0.15, 0.2) is 0 Å². The second-order valence-corrected chi connectivity index (χ2v) is 7.43. The van der Waals surface area contributed by atoms with Gasteiger partial charge in [-0.05, 0) is 52.4 Å². The molecule has 120 valence electrons. The molecule has 0 bridgehead atoms. The van der Waals surface area contributed by atoms with Crippen LogP contribution in [0.4, 0.5) is 0 Å². The third-order valence-corrected chi connectivity index (χ3v) is 4.53. The number of amides is 1. The maximum Gasteiger partial charge on any atom is 0.306 e. The number of carbonyl (C=O) groups excluding carboxylic acids is 2. The molecule has 21 heavy (non-hydrogen) atoms. The molecule has 2 rings (SSSR count). The SMILES string of the molecule is CC(C)(C)OC(=O)CCC(=O)N1CCC[C@H]2CCCC[C@H]21. The van der Waals surface area contributed by atoms with Gasteiger partial charge in [0, 0.05) is 19.0 Å². The molecule has 1 saturated carbocycles. The normalized spacial score (nSPS) is 26.1. The summed E-state index contributed by atoms with van der Waals surface area (Å²) in [4.78, 5) is 26.2. The minimum Gasteiger partial charge on any atom is -0.460 e. The van der Waals surface area contributed by atoms with Gasteiger partial charge in [-0.2, -0.15) is 0 Å². The zero-order chi connectivity index (χ0) is 15.5. The zero-order valence-corrected chi connectivity index (χ0v) is 13.7. The summed E-state index contributed by atoms with van der Waals surface area (Å²) in [5, 5.41) is 0. The molecule has 0 aromatic rings. The minimum atomic E-state index is -0.472. The monoisotopic (exact) mass is 295 g/mol. The quantitative estimate of drug-likeness (QED) is 0.751. The van der Waals surface area contributed by atoms with E-state index in [4.69, 9.17) is 4.74 Å². The lowest BCUT2D eigenvalue weighted by Gasteiger charge is -2.44. The second kappa shape index (κ2) is 6.80. The lowest BCUT2D eigenvalue weighted by atomic mass is 9.78. The second-order valence-electron chi connectivity index (χ2n) is 7.43. The van der Waals surface area contributed by atoms with Crippen molar-refractivity contribution in [3.05, 3.63) is 0 Å². The van der Waals surface area contributed by atoms with E-state index in [1.165, 1.54) is 25.7 Å². The van der Waals surface area contributed by atoms with Crippen LogP contribution in [0.1, 0.15) is 72.1 Å². The molecule has 0 unspecified atom stereocenters. The Morgan fingerprint density at radius 3 is 2.43 bits per heavy atom. The van der Waals surface area contributed by atoms with Crippen molar-refractivity contribution < 1.29 is 14.3 Å². The Morgan fingerprint density at radius 2 is 1.71 bits per heavy atom. The molecule has 0 radical (unpaired) electrons. The zero-order valence-electron chi connectivity index (χ0n) is 13.7. The smallest absolute Gasteiger partial charge is 0.306 e. The van der Waals surface area contributed by atoms with E-state index in [1.54, 1.807) is 0 Å². The van der Waals surface area contributed by atoms with E-state index in [9.17, 15) is 9.59 Å². The van der Waals surface area contributed by atoms with Crippen molar-refractivity contribution in [1.29, 1.82) is 0 Å². The van der Waals surface area contributed by atoms with Gasteiger partial charge in [-0.25, -0.2) is 0 Å². The summed E-state index contributed by atoms with van der Waals surface area (Å²) < 4.78 is 5.27. The number of nitrogens with zero attached hydrogens (tertiary/aromatic N) is 1. The van der Waals surface area contributed by atoms with Crippen molar-refractivity contribution in [2.75, 3.05) is 6.54 Å². The molecule has 1 aliphatic heterocycles. The number of hydrogen-bond donors (Lipinski definition) is 0. The maximum absolute atomic E-state index is 12.4. The van der Waals surface area contributed by atoms with E-state index in [0.29, 0.717) is 12.0 Å². The lowest BCUT2D eigenvalue weighted by molar-refractivity contribution is -0.157. The van der Waals surface area contributed by atoms with Crippen LogP contribution in [-0.2, 0) is 14.3 Å². The average Bonchev–Trinajstić information content (AvgIpc) is 2.42. The van der Waals surface area contributed by atoms with E-state index in [-0.39, 0.29) is 24.7 Å². The Balaban J connectivity index is 1.83. The highest BCUT2D eigenvalue weighted by molar-refractivity contribution is 5.81. The van der Waals surface area contributed by atoms with E-state index in [1.807, 2.05) is 20.8 Å². The number of esters is 1. The molecule has 2 aliphatic rings. The fourth-order valence-corrected chi connectivity index (χ4v) is 3.68. The highest BCUT2D eigenvalue weighted by Crippen LogP contribution is 2.35. The van der Waals surface area contributed by atoms with Gasteiger partial charge in [0.15, 0.2) is 0 Å². The van der Waals surface area contributed by atoms with Crippen molar-refractivity contribution in [2.45, 2.75) is 83.8 Å². The average molecular weight is 295 g/mol. The van der Waals surface area contributed by atoms with Crippen molar-refractivity contribution in [3.63, 3.8) is 0 Å². The van der Waals surface area contributed by atoms with Gasteiger partial charge in [0.25, 0.3) is 0 Å². The first-order valence-corrected chi connectivity index (χ1v) is 8.38. The Hall–Kier alpha value is -1.06. The highest BCUT2D eigenvalue weighted by Gasteiger charge is 2.35. The van der Waals surface area contributed by atoms with Crippen LogP contribution in [0.5, 0.6) is 0 Å². The van der Waals surface area contributed by atoms with Crippen LogP contribution in [0.3, 0.4) is 0 Å². The van der Waals surface area contributed by atoms with Gasteiger partial charge in [-0.3, -0.25) is 9.59 Å². The third-order valence-electron chi connectivity index (χ3n) is 4.53. The number of rotatable bonds is 3. The summed E-state index contributed by atoms with van der Waals surface area (Å²) in [5.74, 6) is 0.559. The van der Waals surface area contributed by atoms with Crippen molar-refractivity contribution in [1.82, 2.24) is 4.90 Å². The summed E-state index contributed by atoms with van der Waals surface area (Å²) >= 11 is 0. The van der Waals surface area contributed by atoms with Crippen LogP contribution < -0.4 is 0 Å². The molecular formula is C17H29NO3. The van der Waals surface area contributed by atoms with Crippen molar-refractivity contribution >= 4 is 11.9 Å². The summed E-state index contributed by atoms with van der Waals surface area (Å²) in [6.45, 7) is 6.42. The standard InChI is InChI=1S/C17H29NO3/c1-17(2,3)21-16(20)11-10-15(19)18-12-6-8-13-7-4-5-9-14(13)18/h13-14H,4-12H2,1-3H3/t13-,14-/m1/s1. The molecule has 4 nitrogen and oxygen atoms in total. The molecular weight excluding hydrogens is 266 g/mol. The molecule has 0 aromatic heterocycles. The Kier molecular flexibility index (Phi) is 5.28. The van der Waals surface area contributed by atoms with Crippen molar-refractivity contribution in [3.8, 4) is 0 Å². The van der Waals surface area contributed by atoms with E-state index >= 15 is 0 Å². The highest BCUT2D eigenvalue weighted by atomic mass is 16.6. The van der Waals surface area contributed by atoms with E-state index < -0.39 is 5.60 Å². The fraction of sp³-hybridized carbons (Fsp3) is 0.882. The van der Waals surface area contributed by atoms with Crippen LogP contribution in [0.25, 0.3) is 0 Å². The van der Waals surface area contributed by atoms with Gasteiger partial charge >= 0.3 is 5.97 Å². The predicted molar refractivity (Wildman–Crippen MR) is 81.8 cm³/mol. The Labute approximate surface area is 128 Å². The number of ether oxygens (including phenoxy) is 1. The van der Waals surface area contributed by atoms with E-state index in [0.717, 1.165) is 19.4 Å². The topological polar surface area (TPSA) is 46.6 Å². The van der Waals surface area contributed by atoms with Gasteiger partial charge in [0.1, 0.15) is 5.60 Å². The third kappa shape index (κ3) is 4.72. The first kappa shape index (κ1) is 16.3. The number of piperidine rings is 1. The maximum atomic E-state index is 12.4. The molecule has 1 saturated heterocycles. The summed E-state index contributed by atoms with van der Waals surface area (Å²) in [6.07, 6.45) is 7.81. The van der Waals surface area contributed by atoms with Crippen molar-refractivity contribution in [2.24, 2.45) is 5.92 Å². The predicted octanol–water partition coefficient (Wildman–Crippen LogP) is 3.29. The van der Waals surface area contributed by atoms with Crippen LogP contribution in [0, 0.1) is 5.92 Å². The summed E-state index contributed by atoms with van der Waals surface area (Å²) in [5.41, 5.74) is -0.472. The Bertz CT molecular complexity index is 384. The van der Waals surface area contributed by atoms with Gasteiger partial charge in [-0.15, -0.1) is 0 Å². The number of fused-ring (bicyclic) bond motifs is 1. The molecule has 1 heterocycles. The first-order valence-electron chi connectivity index (χ1n) is 8.38. The van der Waals surface area contributed by atoms with Gasteiger partial charge in [0.2, 0.25) is 5.91 Å². The van der Waals surface area contributed by atoms with Gasteiger partial charge in [-0.1, -0.05) is 12.8 Å². The molecule has 1 aliphatic carbocycles. The molecule has 0 N–H and O–H groups in total. The number of carbonyl (C=O) groups is 2. The molecule has 0 spiro atoms. The summed E-state index contributed by atoms with van der Waals surface area (Å²) in [6, 6.07) is 0.429. The number of likely N-dealkylation sites (tertiary alicyclic amines) is 1. The Morgan fingerprint density at radius 1 is 1.05 bits per heavy atom. The van der Waals surface area contributed by atoms with Gasteiger partial charge < -0.3 is 9.64 Å². The largest absolute Gasteiger partial charge is 0.460 e. The molecule has 4 heteroatoms.